The molecule has 120 valence electrons. The molecule has 7 heteroatoms. The Bertz CT molecular complexity index is 932. The maximum atomic E-state index is 4.49. The van der Waals surface area contributed by atoms with E-state index in [1.807, 2.05) is 35.8 Å². The van der Waals surface area contributed by atoms with Crippen molar-refractivity contribution in [2.45, 2.75) is 19.4 Å². The summed E-state index contributed by atoms with van der Waals surface area (Å²) >= 11 is 1.63. The van der Waals surface area contributed by atoms with E-state index >= 15 is 0 Å². The highest BCUT2D eigenvalue weighted by Crippen LogP contribution is 2.28. The van der Waals surface area contributed by atoms with E-state index in [0.717, 1.165) is 28.5 Å². The molecule has 0 aliphatic heterocycles. The highest BCUT2D eigenvalue weighted by Gasteiger charge is 2.18. The summed E-state index contributed by atoms with van der Waals surface area (Å²) in [6.07, 6.45) is 4.19. The third kappa shape index (κ3) is 2.74. The molecule has 1 N–H and O–H groups in total. The second-order valence-corrected chi connectivity index (χ2v) is 6.24. The van der Waals surface area contributed by atoms with Crippen molar-refractivity contribution in [3.8, 4) is 0 Å². The fraction of sp³-hybridized carbons (Fsp3) is 0.176. The molecule has 0 spiro atoms. The van der Waals surface area contributed by atoms with Crippen molar-refractivity contribution in [3.05, 3.63) is 70.6 Å². The van der Waals surface area contributed by atoms with Crippen LogP contribution < -0.4 is 5.32 Å². The van der Waals surface area contributed by atoms with Gasteiger partial charge in [-0.1, -0.05) is 37.3 Å². The molecule has 3 heterocycles. The average Bonchev–Trinajstić information content (AvgIpc) is 3.31. The van der Waals surface area contributed by atoms with Gasteiger partial charge in [-0.2, -0.15) is 14.6 Å². The Hall–Kier alpha value is -2.80. The van der Waals surface area contributed by atoms with Gasteiger partial charge in [0.2, 0.25) is 0 Å². The topological polar surface area (TPSA) is 68.0 Å². The number of nitrogens with one attached hydrogen (secondary N) is 1. The predicted octanol–water partition coefficient (Wildman–Crippen LogP) is 3.34. The molecular weight excluding hydrogens is 320 g/mol. The fourth-order valence-electron chi connectivity index (χ4n) is 2.60. The van der Waals surface area contributed by atoms with Crippen LogP contribution in [0.15, 0.2) is 54.3 Å². The molecule has 0 radical (unpaired) electrons. The Balaban J connectivity index is 1.80. The van der Waals surface area contributed by atoms with Gasteiger partial charge in [-0.3, -0.25) is 0 Å². The summed E-state index contributed by atoms with van der Waals surface area (Å²) in [6, 6.07) is 12.2. The fourth-order valence-corrected chi connectivity index (χ4v) is 3.32. The molecule has 0 fully saturated rings. The minimum Gasteiger partial charge on any atom is -0.357 e. The summed E-state index contributed by atoms with van der Waals surface area (Å²) in [6.45, 7) is 2.08. The van der Waals surface area contributed by atoms with Crippen molar-refractivity contribution in [1.82, 2.24) is 24.6 Å². The quantitative estimate of drug-likeness (QED) is 0.605. The van der Waals surface area contributed by atoms with E-state index in [0.29, 0.717) is 5.78 Å². The van der Waals surface area contributed by atoms with Crippen LogP contribution in [-0.2, 0) is 6.42 Å². The molecule has 6 nitrogen and oxygen atoms in total. The smallest absolute Gasteiger partial charge is 0.254 e. The second kappa shape index (κ2) is 6.37. The number of aryl methyl sites for hydroxylation is 1. The second-order valence-electron chi connectivity index (χ2n) is 5.32. The zero-order valence-corrected chi connectivity index (χ0v) is 13.9. The highest BCUT2D eigenvalue weighted by atomic mass is 32.1. The van der Waals surface area contributed by atoms with E-state index in [-0.39, 0.29) is 6.04 Å². The van der Waals surface area contributed by atoms with Crippen LogP contribution in [0.1, 0.15) is 29.2 Å². The first-order valence-electron chi connectivity index (χ1n) is 7.75. The number of aromatic nitrogens is 5. The minimum absolute atomic E-state index is 0.0503. The lowest BCUT2D eigenvalue weighted by Crippen LogP contribution is -2.15. The van der Waals surface area contributed by atoms with E-state index in [1.54, 1.807) is 15.9 Å². The van der Waals surface area contributed by atoms with Crippen molar-refractivity contribution >= 4 is 22.9 Å². The van der Waals surface area contributed by atoms with Gasteiger partial charge >= 0.3 is 0 Å². The van der Waals surface area contributed by atoms with Gasteiger partial charge in [-0.15, -0.1) is 11.3 Å². The number of thiazole rings is 1. The molecule has 4 rings (SSSR count). The van der Waals surface area contributed by atoms with E-state index in [9.17, 15) is 0 Å². The molecule has 0 saturated heterocycles. The Kier molecular flexibility index (Phi) is 3.92. The van der Waals surface area contributed by atoms with E-state index < -0.39 is 0 Å². The molecule has 1 atom stereocenters. The molecular formula is C17H16N6S. The van der Waals surface area contributed by atoms with Gasteiger partial charge in [0.1, 0.15) is 23.2 Å². The number of nitrogens with zero attached hydrogens (tertiary/aromatic N) is 5. The zero-order chi connectivity index (χ0) is 16.4. The summed E-state index contributed by atoms with van der Waals surface area (Å²) in [4.78, 5) is 13.2. The van der Waals surface area contributed by atoms with Crippen LogP contribution >= 0.6 is 11.3 Å². The maximum Gasteiger partial charge on any atom is 0.254 e. The Morgan fingerprint density at radius 2 is 2.08 bits per heavy atom. The Labute approximate surface area is 143 Å². The lowest BCUT2D eigenvalue weighted by Gasteiger charge is -2.19. The number of fused-ring (bicyclic) bond motifs is 1. The molecule has 4 aromatic rings. The van der Waals surface area contributed by atoms with Crippen LogP contribution in [0.4, 0.5) is 5.82 Å². The Morgan fingerprint density at radius 1 is 1.21 bits per heavy atom. The van der Waals surface area contributed by atoms with Gasteiger partial charge in [-0.05, 0) is 12.0 Å². The molecule has 0 bridgehead atoms. The molecule has 24 heavy (non-hydrogen) atoms. The third-order valence-electron chi connectivity index (χ3n) is 3.79. The van der Waals surface area contributed by atoms with Gasteiger partial charge in [0, 0.05) is 23.3 Å². The van der Waals surface area contributed by atoms with Gasteiger partial charge in [0.05, 0.1) is 0 Å². The monoisotopic (exact) mass is 336 g/mol. The van der Waals surface area contributed by atoms with Crippen LogP contribution in [0.3, 0.4) is 0 Å². The molecule has 0 aliphatic carbocycles. The number of benzene rings is 1. The molecule has 0 saturated carbocycles. The third-order valence-corrected chi connectivity index (χ3v) is 4.63. The lowest BCUT2D eigenvalue weighted by atomic mass is 10.1. The average molecular weight is 336 g/mol. The van der Waals surface area contributed by atoms with Gasteiger partial charge in [-0.25, -0.2) is 9.97 Å². The van der Waals surface area contributed by atoms with Crippen molar-refractivity contribution < 1.29 is 0 Å². The van der Waals surface area contributed by atoms with E-state index in [1.165, 1.54) is 6.33 Å². The summed E-state index contributed by atoms with van der Waals surface area (Å²) in [7, 11) is 0. The van der Waals surface area contributed by atoms with Crippen LogP contribution in [0.5, 0.6) is 0 Å². The molecule has 1 unspecified atom stereocenters. The first kappa shape index (κ1) is 14.8. The van der Waals surface area contributed by atoms with Crippen molar-refractivity contribution in [3.63, 3.8) is 0 Å². The number of hydrogen-bond donors (Lipinski definition) is 1. The van der Waals surface area contributed by atoms with Gasteiger partial charge in [0.15, 0.2) is 0 Å². The van der Waals surface area contributed by atoms with Crippen LogP contribution in [0, 0.1) is 0 Å². The molecule has 3 aromatic heterocycles. The Morgan fingerprint density at radius 3 is 2.83 bits per heavy atom. The van der Waals surface area contributed by atoms with E-state index in [2.05, 4.69) is 44.4 Å². The van der Waals surface area contributed by atoms with Crippen LogP contribution in [-0.4, -0.2) is 24.6 Å². The highest BCUT2D eigenvalue weighted by molar-refractivity contribution is 7.09. The molecule has 0 aliphatic rings. The van der Waals surface area contributed by atoms with E-state index in [4.69, 9.17) is 0 Å². The number of anilines is 1. The van der Waals surface area contributed by atoms with Crippen LogP contribution in [0.2, 0.25) is 0 Å². The first-order chi connectivity index (χ1) is 11.8. The molecule has 0 amide bonds. The van der Waals surface area contributed by atoms with Crippen molar-refractivity contribution in [2.75, 3.05) is 5.32 Å². The summed E-state index contributed by atoms with van der Waals surface area (Å²) in [5.74, 6) is 1.46. The van der Waals surface area contributed by atoms with Crippen molar-refractivity contribution in [1.29, 1.82) is 0 Å². The SMILES string of the molecule is CCc1cc(NC(c2ccccc2)c2nccs2)n2ncnc2n1. The van der Waals surface area contributed by atoms with Crippen LogP contribution in [0.25, 0.3) is 5.78 Å². The maximum absolute atomic E-state index is 4.49. The number of rotatable bonds is 5. The first-order valence-corrected chi connectivity index (χ1v) is 8.63. The largest absolute Gasteiger partial charge is 0.357 e. The molecule has 1 aromatic carbocycles. The minimum atomic E-state index is -0.0503. The predicted molar refractivity (Wildman–Crippen MR) is 94.2 cm³/mol. The number of hydrogen-bond acceptors (Lipinski definition) is 6. The van der Waals surface area contributed by atoms with Gasteiger partial charge in [0.25, 0.3) is 5.78 Å². The zero-order valence-electron chi connectivity index (χ0n) is 13.1. The summed E-state index contributed by atoms with van der Waals surface area (Å²) in [5.41, 5.74) is 2.12. The summed E-state index contributed by atoms with van der Waals surface area (Å²) in [5, 5.41) is 10.8. The standard InChI is InChI=1S/C17H16N6S/c1-2-13-10-14(23-17(21-13)19-11-20-23)22-15(16-18-8-9-24-16)12-6-4-3-5-7-12/h3-11,15,22H,2H2,1H3. The van der Waals surface area contributed by atoms with Gasteiger partial charge < -0.3 is 5.32 Å². The normalized spacial score (nSPS) is 12.4. The summed E-state index contributed by atoms with van der Waals surface area (Å²) < 4.78 is 1.72. The van der Waals surface area contributed by atoms with Crippen molar-refractivity contribution in [2.24, 2.45) is 0 Å². The lowest BCUT2D eigenvalue weighted by molar-refractivity contribution is 0.855.